The monoisotopic (exact) mass is 286 g/mol. The van der Waals surface area contributed by atoms with Crippen LogP contribution in [0.2, 0.25) is 0 Å². The number of nitrogens with two attached hydrogens (primary N) is 1. The van der Waals surface area contributed by atoms with Crippen LogP contribution in [-0.4, -0.2) is 22.5 Å². The Labute approximate surface area is 125 Å². The van der Waals surface area contributed by atoms with Gasteiger partial charge in [0.25, 0.3) is 0 Å². The predicted molar refractivity (Wildman–Crippen MR) is 85.4 cm³/mol. The number of benzene rings is 1. The largest absolute Gasteiger partial charge is 0.377 e. The van der Waals surface area contributed by atoms with Crippen molar-refractivity contribution in [3.05, 3.63) is 47.3 Å². The molecule has 0 spiro atoms. The highest BCUT2D eigenvalue weighted by Gasteiger charge is 1.98. The van der Waals surface area contributed by atoms with Gasteiger partial charge in [0.15, 0.2) is 0 Å². The molecule has 21 heavy (non-hydrogen) atoms. The Kier molecular flexibility index (Phi) is 5.51. The third kappa shape index (κ3) is 4.72. The molecule has 0 saturated carbocycles. The van der Waals surface area contributed by atoms with Gasteiger partial charge in [-0.1, -0.05) is 37.6 Å². The van der Waals surface area contributed by atoms with Gasteiger partial charge in [0, 0.05) is 6.61 Å². The molecule has 1 aromatic heterocycles. The van der Waals surface area contributed by atoms with Crippen molar-refractivity contribution in [1.29, 1.82) is 0 Å². The molecular weight excluding hydrogens is 264 g/mol. The van der Waals surface area contributed by atoms with E-state index in [-0.39, 0.29) is 0 Å². The van der Waals surface area contributed by atoms with E-state index >= 15 is 0 Å². The fraction of sp³-hybridized carbons (Fsp3) is 0.375. The Morgan fingerprint density at radius 1 is 1.33 bits per heavy atom. The van der Waals surface area contributed by atoms with Crippen LogP contribution in [0.15, 0.2) is 35.6 Å². The molecule has 0 atom stereocenters. The molecule has 112 valence electrons. The molecule has 2 rings (SSSR count). The minimum absolute atomic E-state index is 0.393. The maximum absolute atomic E-state index is 5.73. The summed E-state index contributed by atoms with van der Waals surface area (Å²) in [5, 5.41) is 4.29. The number of rotatable bonds is 7. The minimum Gasteiger partial charge on any atom is -0.377 e. The Bertz CT molecular complexity index is 587. The molecule has 0 aliphatic heterocycles. The first-order valence-corrected chi connectivity index (χ1v) is 7.21. The highest BCUT2D eigenvalue weighted by Crippen LogP contribution is 2.07. The molecule has 1 aromatic carbocycles. The molecule has 0 bridgehead atoms. The zero-order valence-electron chi connectivity index (χ0n) is 12.6. The van der Waals surface area contributed by atoms with E-state index in [1.807, 2.05) is 19.1 Å². The highest BCUT2D eigenvalue weighted by atomic mass is 16.5. The standard InChI is InChI=1S/C16H22N4O/c1-3-4-9-21-12-15-7-5-14(6-8-15)10-18-20-11-13(2)19-16(20)17/h5-8,10-11H,3-4,9,12H2,1-2H3,(H2,17,19). The second-order valence-corrected chi connectivity index (χ2v) is 4.98. The molecule has 0 radical (unpaired) electrons. The summed E-state index contributed by atoms with van der Waals surface area (Å²) in [6.45, 7) is 5.52. The second kappa shape index (κ2) is 7.59. The SMILES string of the molecule is CCCCOCc1ccc(C=Nn2cc(C)nc2N)cc1. The number of unbranched alkanes of at least 4 members (excludes halogenated alkanes) is 1. The average molecular weight is 286 g/mol. The molecule has 0 unspecified atom stereocenters. The topological polar surface area (TPSA) is 65.4 Å². The summed E-state index contributed by atoms with van der Waals surface area (Å²) in [5.41, 5.74) is 8.76. The maximum atomic E-state index is 5.73. The number of aryl methyl sites for hydroxylation is 1. The lowest BCUT2D eigenvalue weighted by Crippen LogP contribution is -1.97. The summed E-state index contributed by atoms with van der Waals surface area (Å²) in [6, 6.07) is 8.13. The summed E-state index contributed by atoms with van der Waals surface area (Å²) in [5.74, 6) is 0.393. The van der Waals surface area contributed by atoms with E-state index in [4.69, 9.17) is 10.5 Å². The van der Waals surface area contributed by atoms with Crippen LogP contribution >= 0.6 is 0 Å². The minimum atomic E-state index is 0.393. The Morgan fingerprint density at radius 2 is 2.10 bits per heavy atom. The van der Waals surface area contributed by atoms with Crippen LogP contribution in [0, 0.1) is 6.92 Å². The van der Waals surface area contributed by atoms with Crippen molar-refractivity contribution >= 4 is 12.2 Å². The summed E-state index contributed by atoms with van der Waals surface area (Å²) in [4.78, 5) is 4.10. The number of aromatic nitrogens is 2. The normalized spacial score (nSPS) is 11.3. The van der Waals surface area contributed by atoms with Gasteiger partial charge >= 0.3 is 0 Å². The molecule has 1 heterocycles. The molecule has 2 aromatic rings. The lowest BCUT2D eigenvalue weighted by molar-refractivity contribution is 0.118. The molecule has 0 amide bonds. The van der Waals surface area contributed by atoms with Gasteiger partial charge in [0.2, 0.25) is 5.95 Å². The first-order chi connectivity index (χ1) is 10.2. The fourth-order valence-electron chi connectivity index (χ4n) is 1.86. The van der Waals surface area contributed by atoms with Crippen LogP contribution < -0.4 is 5.73 Å². The van der Waals surface area contributed by atoms with E-state index < -0.39 is 0 Å². The van der Waals surface area contributed by atoms with Gasteiger partial charge < -0.3 is 10.5 Å². The van der Waals surface area contributed by atoms with E-state index in [1.165, 1.54) is 5.56 Å². The number of nitrogens with zero attached hydrogens (tertiary/aromatic N) is 3. The Morgan fingerprint density at radius 3 is 2.71 bits per heavy atom. The first-order valence-electron chi connectivity index (χ1n) is 7.21. The molecular formula is C16H22N4O. The van der Waals surface area contributed by atoms with E-state index in [2.05, 4.69) is 29.1 Å². The Hall–Kier alpha value is -2.14. The van der Waals surface area contributed by atoms with Crippen molar-refractivity contribution in [2.45, 2.75) is 33.3 Å². The number of nitrogen functional groups attached to an aromatic ring is 1. The second-order valence-electron chi connectivity index (χ2n) is 4.98. The van der Waals surface area contributed by atoms with Crippen molar-refractivity contribution in [1.82, 2.24) is 9.66 Å². The predicted octanol–water partition coefficient (Wildman–Crippen LogP) is 2.97. The lowest BCUT2D eigenvalue weighted by atomic mass is 10.1. The summed E-state index contributed by atoms with van der Waals surface area (Å²) < 4.78 is 7.15. The number of hydrogen-bond acceptors (Lipinski definition) is 4. The molecule has 2 N–H and O–H groups in total. The van der Waals surface area contributed by atoms with Crippen LogP contribution in [-0.2, 0) is 11.3 Å². The van der Waals surface area contributed by atoms with Crippen LogP contribution in [0.4, 0.5) is 5.95 Å². The van der Waals surface area contributed by atoms with Gasteiger partial charge in [-0.15, -0.1) is 0 Å². The van der Waals surface area contributed by atoms with E-state index in [9.17, 15) is 0 Å². The number of anilines is 1. The van der Waals surface area contributed by atoms with Crippen molar-refractivity contribution in [2.75, 3.05) is 12.3 Å². The van der Waals surface area contributed by atoms with Gasteiger partial charge in [-0.05, 0) is 24.5 Å². The molecule has 0 fully saturated rings. The van der Waals surface area contributed by atoms with Crippen LogP contribution in [0.25, 0.3) is 0 Å². The van der Waals surface area contributed by atoms with E-state index in [0.29, 0.717) is 12.6 Å². The fourth-order valence-corrected chi connectivity index (χ4v) is 1.86. The van der Waals surface area contributed by atoms with Crippen molar-refractivity contribution in [3.8, 4) is 0 Å². The molecule has 0 aliphatic rings. The number of ether oxygens (including phenoxy) is 1. The summed E-state index contributed by atoms with van der Waals surface area (Å²) >= 11 is 0. The van der Waals surface area contributed by atoms with Crippen molar-refractivity contribution in [2.24, 2.45) is 5.10 Å². The molecule has 0 saturated heterocycles. The quantitative estimate of drug-likeness (QED) is 0.628. The maximum Gasteiger partial charge on any atom is 0.221 e. The van der Waals surface area contributed by atoms with Crippen LogP contribution in [0.3, 0.4) is 0 Å². The van der Waals surface area contributed by atoms with Gasteiger partial charge in [-0.2, -0.15) is 5.10 Å². The van der Waals surface area contributed by atoms with Crippen LogP contribution in [0.1, 0.15) is 36.6 Å². The average Bonchev–Trinajstić information content (AvgIpc) is 2.81. The molecule has 5 nitrogen and oxygen atoms in total. The van der Waals surface area contributed by atoms with Crippen LogP contribution in [0.5, 0.6) is 0 Å². The summed E-state index contributed by atoms with van der Waals surface area (Å²) in [7, 11) is 0. The van der Waals surface area contributed by atoms with Crippen molar-refractivity contribution < 1.29 is 4.74 Å². The Balaban J connectivity index is 1.91. The van der Waals surface area contributed by atoms with Crippen molar-refractivity contribution in [3.63, 3.8) is 0 Å². The van der Waals surface area contributed by atoms with Gasteiger partial charge in [-0.3, -0.25) is 0 Å². The summed E-state index contributed by atoms with van der Waals surface area (Å²) in [6.07, 6.45) is 5.82. The zero-order chi connectivity index (χ0) is 15.1. The van der Waals surface area contributed by atoms with E-state index in [1.54, 1.807) is 17.1 Å². The molecule has 5 heteroatoms. The number of hydrogen-bond donors (Lipinski definition) is 1. The third-order valence-electron chi connectivity index (χ3n) is 3.06. The highest BCUT2D eigenvalue weighted by molar-refractivity contribution is 5.79. The van der Waals surface area contributed by atoms with Gasteiger partial charge in [0.05, 0.1) is 24.7 Å². The van der Waals surface area contributed by atoms with Gasteiger partial charge in [0.1, 0.15) is 0 Å². The smallest absolute Gasteiger partial charge is 0.221 e. The third-order valence-corrected chi connectivity index (χ3v) is 3.06. The zero-order valence-corrected chi connectivity index (χ0v) is 12.6. The lowest BCUT2D eigenvalue weighted by Gasteiger charge is -2.03. The molecule has 0 aliphatic carbocycles. The number of imidazole rings is 1. The van der Waals surface area contributed by atoms with E-state index in [0.717, 1.165) is 30.7 Å². The van der Waals surface area contributed by atoms with Gasteiger partial charge in [-0.25, -0.2) is 9.66 Å². The first kappa shape index (κ1) is 15.3.